The highest BCUT2D eigenvalue weighted by Gasteiger charge is 2.22. The molecule has 0 radical (unpaired) electrons. The highest BCUT2D eigenvalue weighted by molar-refractivity contribution is 7.89. The molecule has 2 rings (SSSR count). The number of nitrogens with zero attached hydrogens (tertiary/aromatic N) is 2. The van der Waals surface area contributed by atoms with Crippen molar-refractivity contribution in [2.24, 2.45) is 0 Å². The summed E-state index contributed by atoms with van der Waals surface area (Å²) in [4.78, 5) is 19.0. The fraction of sp³-hybridized carbons (Fsp3) is 0.400. The zero-order valence-corrected chi connectivity index (χ0v) is 17.8. The van der Waals surface area contributed by atoms with Crippen molar-refractivity contribution in [3.8, 4) is 0 Å². The van der Waals surface area contributed by atoms with E-state index in [0.717, 1.165) is 18.9 Å². The lowest BCUT2D eigenvalue weighted by atomic mass is 10.1. The molecule has 0 aliphatic heterocycles. The van der Waals surface area contributed by atoms with Crippen LogP contribution in [0, 0.1) is 0 Å². The van der Waals surface area contributed by atoms with Crippen molar-refractivity contribution in [1.82, 2.24) is 9.71 Å². The number of anilines is 2. The Bertz CT molecular complexity index is 915. The number of hydrogen-bond acceptors (Lipinski definition) is 5. The van der Waals surface area contributed by atoms with Crippen molar-refractivity contribution in [3.63, 3.8) is 0 Å². The van der Waals surface area contributed by atoms with Gasteiger partial charge in [0.05, 0.1) is 10.5 Å². The summed E-state index contributed by atoms with van der Waals surface area (Å²) >= 11 is 0. The molecule has 1 heterocycles. The molecule has 0 unspecified atom stereocenters. The molecular formula is C20H28N4O3S. The van der Waals surface area contributed by atoms with Gasteiger partial charge >= 0.3 is 0 Å². The van der Waals surface area contributed by atoms with E-state index >= 15 is 0 Å². The van der Waals surface area contributed by atoms with Crippen LogP contribution in [0.5, 0.6) is 0 Å². The maximum atomic E-state index is 12.5. The number of pyridine rings is 1. The molecular weight excluding hydrogens is 376 g/mol. The number of aromatic nitrogens is 1. The molecule has 1 aromatic heterocycles. The molecule has 0 spiro atoms. The molecule has 0 saturated heterocycles. The molecule has 0 atom stereocenters. The number of nitrogens with one attached hydrogen (secondary N) is 2. The van der Waals surface area contributed by atoms with Crippen LogP contribution in [-0.2, 0) is 10.0 Å². The second-order valence-corrected chi connectivity index (χ2v) is 9.10. The Hall–Kier alpha value is -2.45. The molecule has 0 saturated carbocycles. The van der Waals surface area contributed by atoms with Gasteiger partial charge in [0.2, 0.25) is 10.0 Å². The molecule has 0 aliphatic carbocycles. The molecule has 8 heteroatoms. The van der Waals surface area contributed by atoms with E-state index in [1.54, 1.807) is 45.0 Å². The topological polar surface area (TPSA) is 91.4 Å². The summed E-state index contributed by atoms with van der Waals surface area (Å²) in [6.45, 7) is 11.1. The zero-order chi connectivity index (χ0) is 20.9. The smallest absolute Gasteiger partial charge is 0.257 e. The van der Waals surface area contributed by atoms with E-state index in [4.69, 9.17) is 0 Å². The van der Waals surface area contributed by atoms with E-state index in [1.165, 1.54) is 18.3 Å². The Morgan fingerprint density at radius 1 is 1.11 bits per heavy atom. The van der Waals surface area contributed by atoms with Gasteiger partial charge in [0.15, 0.2) is 0 Å². The summed E-state index contributed by atoms with van der Waals surface area (Å²) in [7, 11) is -3.68. The van der Waals surface area contributed by atoms with E-state index in [2.05, 4.69) is 19.9 Å². The van der Waals surface area contributed by atoms with Crippen LogP contribution in [0.2, 0.25) is 0 Å². The molecule has 152 valence electrons. The second-order valence-electron chi connectivity index (χ2n) is 7.41. The molecule has 28 heavy (non-hydrogen) atoms. The molecule has 0 aliphatic rings. The summed E-state index contributed by atoms with van der Waals surface area (Å²) in [5, 5.41) is 2.73. The Morgan fingerprint density at radius 3 is 2.32 bits per heavy atom. The Morgan fingerprint density at radius 2 is 1.79 bits per heavy atom. The molecule has 2 N–H and O–H groups in total. The third kappa shape index (κ3) is 5.77. The summed E-state index contributed by atoms with van der Waals surface area (Å²) in [5.74, 6) is 0.458. The van der Waals surface area contributed by atoms with Crippen LogP contribution in [0.4, 0.5) is 11.5 Å². The summed E-state index contributed by atoms with van der Waals surface area (Å²) in [6, 6.07) is 9.67. The van der Waals surface area contributed by atoms with Crippen molar-refractivity contribution < 1.29 is 13.2 Å². The van der Waals surface area contributed by atoms with Gasteiger partial charge in [-0.25, -0.2) is 18.1 Å². The second kappa shape index (κ2) is 8.70. The zero-order valence-electron chi connectivity index (χ0n) is 17.0. The van der Waals surface area contributed by atoms with Gasteiger partial charge in [-0.15, -0.1) is 0 Å². The highest BCUT2D eigenvalue weighted by Crippen LogP contribution is 2.18. The van der Waals surface area contributed by atoms with Gasteiger partial charge in [0.25, 0.3) is 5.91 Å². The molecule has 0 fully saturated rings. The van der Waals surface area contributed by atoms with Crippen molar-refractivity contribution in [2.45, 2.75) is 45.1 Å². The minimum Gasteiger partial charge on any atom is -0.357 e. The first-order chi connectivity index (χ1) is 13.1. The first-order valence-corrected chi connectivity index (χ1v) is 10.7. The van der Waals surface area contributed by atoms with Crippen LogP contribution in [0.1, 0.15) is 45.0 Å². The first-order valence-electron chi connectivity index (χ1n) is 9.22. The standard InChI is InChI=1S/C20H28N4O3S/c1-6-24(7-2)18-12-11-15(14-21-18)19(25)22-16-9-8-10-17(13-16)28(26,27)23-20(3,4)5/h8-14,23H,6-7H2,1-5H3,(H,22,25). The minimum absolute atomic E-state index is 0.0928. The lowest BCUT2D eigenvalue weighted by Crippen LogP contribution is -2.40. The number of rotatable bonds is 7. The average molecular weight is 405 g/mol. The van der Waals surface area contributed by atoms with Gasteiger partial charge in [0, 0.05) is 30.5 Å². The van der Waals surface area contributed by atoms with Crippen molar-refractivity contribution in [2.75, 3.05) is 23.3 Å². The SMILES string of the molecule is CCN(CC)c1ccc(C(=O)Nc2cccc(S(=O)(=O)NC(C)(C)C)c2)cn1. The van der Waals surface area contributed by atoms with Crippen LogP contribution < -0.4 is 14.9 Å². The predicted molar refractivity (Wildman–Crippen MR) is 112 cm³/mol. The number of hydrogen-bond donors (Lipinski definition) is 2. The van der Waals surface area contributed by atoms with E-state index in [9.17, 15) is 13.2 Å². The third-order valence-electron chi connectivity index (χ3n) is 3.94. The Kier molecular flexibility index (Phi) is 6.79. The van der Waals surface area contributed by atoms with Crippen LogP contribution in [0.25, 0.3) is 0 Å². The van der Waals surface area contributed by atoms with Crippen LogP contribution in [0.15, 0.2) is 47.5 Å². The Balaban J connectivity index is 2.17. The predicted octanol–water partition coefficient (Wildman–Crippen LogP) is 3.26. The summed E-state index contributed by atoms with van der Waals surface area (Å²) in [5.41, 5.74) is 0.197. The van der Waals surface area contributed by atoms with Crippen molar-refractivity contribution in [3.05, 3.63) is 48.2 Å². The van der Waals surface area contributed by atoms with Gasteiger partial charge in [0.1, 0.15) is 5.82 Å². The first kappa shape index (κ1) is 21.8. The van der Waals surface area contributed by atoms with Gasteiger partial charge in [-0.05, 0) is 65.0 Å². The number of carbonyl (C=O) groups is 1. The van der Waals surface area contributed by atoms with Gasteiger partial charge in [-0.3, -0.25) is 4.79 Å². The van der Waals surface area contributed by atoms with Gasteiger partial charge in [-0.1, -0.05) is 6.07 Å². The maximum Gasteiger partial charge on any atom is 0.257 e. The molecule has 7 nitrogen and oxygen atoms in total. The fourth-order valence-electron chi connectivity index (χ4n) is 2.66. The van der Waals surface area contributed by atoms with Crippen LogP contribution >= 0.6 is 0 Å². The van der Waals surface area contributed by atoms with Crippen molar-refractivity contribution >= 4 is 27.4 Å². The van der Waals surface area contributed by atoms with E-state index < -0.39 is 15.6 Å². The summed E-state index contributed by atoms with van der Waals surface area (Å²) in [6.07, 6.45) is 1.52. The van der Waals surface area contributed by atoms with E-state index in [0.29, 0.717) is 11.3 Å². The van der Waals surface area contributed by atoms with E-state index in [1.807, 2.05) is 13.8 Å². The lowest BCUT2D eigenvalue weighted by Gasteiger charge is -2.20. The minimum atomic E-state index is -3.68. The number of benzene rings is 1. The van der Waals surface area contributed by atoms with Crippen molar-refractivity contribution in [1.29, 1.82) is 0 Å². The molecule has 1 amide bonds. The largest absolute Gasteiger partial charge is 0.357 e. The normalized spacial score (nSPS) is 11.9. The number of amides is 1. The number of sulfonamides is 1. The molecule has 2 aromatic rings. The summed E-state index contributed by atoms with van der Waals surface area (Å²) < 4.78 is 27.5. The van der Waals surface area contributed by atoms with Gasteiger partial charge in [-0.2, -0.15) is 0 Å². The molecule has 1 aromatic carbocycles. The quantitative estimate of drug-likeness (QED) is 0.739. The van der Waals surface area contributed by atoms with E-state index in [-0.39, 0.29) is 10.8 Å². The fourth-order valence-corrected chi connectivity index (χ4v) is 4.13. The lowest BCUT2D eigenvalue weighted by molar-refractivity contribution is 0.102. The average Bonchev–Trinajstić information content (AvgIpc) is 2.61. The van der Waals surface area contributed by atoms with Crippen LogP contribution in [0.3, 0.4) is 0 Å². The monoisotopic (exact) mass is 404 g/mol. The highest BCUT2D eigenvalue weighted by atomic mass is 32.2. The number of carbonyl (C=O) groups excluding carboxylic acids is 1. The molecule has 0 bridgehead atoms. The third-order valence-corrected chi connectivity index (χ3v) is 5.70. The van der Waals surface area contributed by atoms with Crippen LogP contribution in [-0.4, -0.2) is 37.9 Å². The maximum absolute atomic E-state index is 12.5. The van der Waals surface area contributed by atoms with Gasteiger partial charge < -0.3 is 10.2 Å². The Labute approximate surface area is 167 Å².